The van der Waals surface area contributed by atoms with Gasteiger partial charge in [-0.2, -0.15) is 0 Å². The number of nitrogens with one attached hydrogen (secondary N) is 1. The second-order valence-corrected chi connectivity index (χ2v) is 8.30. The molecule has 2 heterocycles. The molecule has 1 N–H and O–H groups in total. The highest BCUT2D eigenvalue weighted by Crippen LogP contribution is 2.50. The second kappa shape index (κ2) is 7.15. The third-order valence-electron chi connectivity index (χ3n) is 6.41. The van der Waals surface area contributed by atoms with Gasteiger partial charge in [0.2, 0.25) is 5.91 Å². The smallest absolute Gasteiger partial charge is 0.319 e. The van der Waals surface area contributed by atoms with Crippen LogP contribution in [0.25, 0.3) is 0 Å². The predicted octanol–water partition coefficient (Wildman–Crippen LogP) is 2.44. The van der Waals surface area contributed by atoms with Crippen LogP contribution in [0.1, 0.15) is 49.3 Å². The number of hydrogen-bond acceptors (Lipinski definition) is 3. The summed E-state index contributed by atoms with van der Waals surface area (Å²) in [7, 11) is 3.60. The highest BCUT2D eigenvalue weighted by atomic mass is 16.5. The van der Waals surface area contributed by atoms with Crippen molar-refractivity contribution in [3.8, 4) is 0 Å². The van der Waals surface area contributed by atoms with Gasteiger partial charge in [0.05, 0.1) is 6.04 Å². The molecule has 0 saturated carbocycles. The van der Waals surface area contributed by atoms with Gasteiger partial charge in [0, 0.05) is 39.2 Å². The van der Waals surface area contributed by atoms with Gasteiger partial charge in [0.1, 0.15) is 6.10 Å². The van der Waals surface area contributed by atoms with Crippen molar-refractivity contribution in [1.29, 1.82) is 0 Å². The average molecular weight is 371 g/mol. The van der Waals surface area contributed by atoms with Crippen LogP contribution < -0.4 is 5.32 Å². The minimum Gasteiger partial charge on any atom is -0.368 e. The van der Waals surface area contributed by atoms with E-state index in [1.807, 2.05) is 11.0 Å². The number of benzene rings is 1. The van der Waals surface area contributed by atoms with Crippen LogP contribution in [0.2, 0.25) is 0 Å². The van der Waals surface area contributed by atoms with Gasteiger partial charge >= 0.3 is 6.03 Å². The van der Waals surface area contributed by atoms with Crippen LogP contribution in [-0.4, -0.2) is 61.6 Å². The molecule has 2 saturated heterocycles. The lowest BCUT2D eigenvalue weighted by Crippen LogP contribution is -2.48. The van der Waals surface area contributed by atoms with E-state index in [0.717, 1.165) is 45.2 Å². The summed E-state index contributed by atoms with van der Waals surface area (Å²) < 4.78 is 5.55. The molecule has 1 aliphatic carbocycles. The molecule has 0 radical (unpaired) electrons. The van der Waals surface area contributed by atoms with E-state index in [4.69, 9.17) is 4.74 Å². The summed E-state index contributed by atoms with van der Waals surface area (Å²) in [5.41, 5.74) is 2.63. The standard InChI is InChI=1S/C21H29N3O3/c1-23(2)20(26)24-11-9-21(10-12-24)14-17(15-6-3-4-7-16(15)21)22-19(25)18-8-5-13-27-18/h3-4,6-7,17-18H,5,8-14H2,1-2H3,(H,22,25)/t17?,18-/m0/s1. The third kappa shape index (κ3) is 3.31. The van der Waals surface area contributed by atoms with Gasteiger partial charge in [-0.25, -0.2) is 4.79 Å². The van der Waals surface area contributed by atoms with E-state index in [-0.39, 0.29) is 29.5 Å². The molecule has 6 nitrogen and oxygen atoms in total. The van der Waals surface area contributed by atoms with Gasteiger partial charge < -0.3 is 19.9 Å². The fourth-order valence-electron chi connectivity index (χ4n) is 4.95. The highest BCUT2D eigenvalue weighted by Gasteiger charge is 2.46. The van der Waals surface area contributed by atoms with Gasteiger partial charge in [-0.15, -0.1) is 0 Å². The van der Waals surface area contributed by atoms with Crippen molar-refractivity contribution in [3.63, 3.8) is 0 Å². The molecule has 1 aromatic carbocycles. The first-order valence-corrected chi connectivity index (χ1v) is 9.98. The maximum Gasteiger partial charge on any atom is 0.319 e. The lowest BCUT2D eigenvalue weighted by Gasteiger charge is -2.41. The molecular formula is C21H29N3O3. The summed E-state index contributed by atoms with van der Waals surface area (Å²) in [4.78, 5) is 28.5. The number of carbonyl (C=O) groups is 2. The summed E-state index contributed by atoms with van der Waals surface area (Å²) in [5.74, 6) is 0.0181. The van der Waals surface area contributed by atoms with Gasteiger partial charge in [0.25, 0.3) is 0 Å². The SMILES string of the molecule is CN(C)C(=O)N1CCC2(CC1)CC(NC(=O)[C@@H]1CCCO1)c1ccccc12. The number of nitrogens with zero attached hydrogens (tertiary/aromatic N) is 2. The molecule has 146 valence electrons. The van der Waals surface area contributed by atoms with Crippen LogP contribution in [0, 0.1) is 0 Å². The molecule has 1 aromatic rings. The van der Waals surface area contributed by atoms with Crippen LogP contribution in [0.4, 0.5) is 4.79 Å². The fourth-order valence-corrected chi connectivity index (χ4v) is 4.95. The molecular weight excluding hydrogens is 342 g/mol. The molecule has 4 rings (SSSR count). The van der Waals surface area contributed by atoms with E-state index in [0.29, 0.717) is 6.61 Å². The van der Waals surface area contributed by atoms with Crippen LogP contribution in [0.15, 0.2) is 24.3 Å². The van der Waals surface area contributed by atoms with Gasteiger partial charge in [-0.05, 0) is 43.2 Å². The largest absolute Gasteiger partial charge is 0.368 e. The highest BCUT2D eigenvalue weighted by molar-refractivity contribution is 5.81. The van der Waals surface area contributed by atoms with Gasteiger partial charge in [0.15, 0.2) is 0 Å². The van der Waals surface area contributed by atoms with Crippen molar-refractivity contribution in [2.24, 2.45) is 0 Å². The topological polar surface area (TPSA) is 61.9 Å². The first kappa shape index (κ1) is 18.3. The number of fused-ring (bicyclic) bond motifs is 2. The monoisotopic (exact) mass is 371 g/mol. The van der Waals surface area contributed by atoms with Crippen molar-refractivity contribution < 1.29 is 14.3 Å². The number of urea groups is 1. The molecule has 2 atom stereocenters. The molecule has 1 unspecified atom stereocenters. The number of ether oxygens (including phenoxy) is 1. The quantitative estimate of drug-likeness (QED) is 0.869. The van der Waals surface area contributed by atoms with E-state index in [1.165, 1.54) is 11.1 Å². The minimum atomic E-state index is -0.298. The summed E-state index contributed by atoms with van der Waals surface area (Å²) >= 11 is 0. The lowest BCUT2D eigenvalue weighted by atomic mass is 9.73. The van der Waals surface area contributed by atoms with E-state index >= 15 is 0 Å². The number of hydrogen-bond donors (Lipinski definition) is 1. The molecule has 6 heteroatoms. The molecule has 0 bridgehead atoms. The Hall–Kier alpha value is -2.08. The maximum atomic E-state index is 12.6. The Labute approximate surface area is 160 Å². The average Bonchev–Trinajstić information content (AvgIpc) is 3.30. The van der Waals surface area contributed by atoms with E-state index < -0.39 is 0 Å². The zero-order chi connectivity index (χ0) is 19.0. The Bertz CT molecular complexity index is 719. The van der Waals surface area contributed by atoms with Crippen molar-refractivity contribution in [3.05, 3.63) is 35.4 Å². The van der Waals surface area contributed by atoms with Crippen LogP contribution in [0.3, 0.4) is 0 Å². The third-order valence-corrected chi connectivity index (χ3v) is 6.41. The Morgan fingerprint density at radius 2 is 1.96 bits per heavy atom. The van der Waals surface area contributed by atoms with Crippen molar-refractivity contribution in [2.75, 3.05) is 33.8 Å². The summed E-state index contributed by atoms with van der Waals surface area (Å²) in [6, 6.07) is 8.60. The molecule has 3 aliphatic rings. The molecule has 2 fully saturated rings. The zero-order valence-electron chi connectivity index (χ0n) is 16.2. The van der Waals surface area contributed by atoms with Crippen molar-refractivity contribution in [2.45, 2.75) is 49.7 Å². The second-order valence-electron chi connectivity index (χ2n) is 8.30. The predicted molar refractivity (Wildman–Crippen MR) is 102 cm³/mol. The van der Waals surface area contributed by atoms with Crippen LogP contribution in [0.5, 0.6) is 0 Å². The normalized spacial score (nSPS) is 26.1. The number of likely N-dealkylation sites (tertiary alicyclic amines) is 1. The minimum absolute atomic E-state index is 0.0181. The first-order chi connectivity index (χ1) is 13.0. The molecule has 2 aliphatic heterocycles. The molecule has 1 spiro atoms. The molecule has 3 amide bonds. The van der Waals surface area contributed by atoms with E-state index in [9.17, 15) is 9.59 Å². The van der Waals surface area contributed by atoms with Crippen LogP contribution >= 0.6 is 0 Å². The van der Waals surface area contributed by atoms with Crippen molar-refractivity contribution >= 4 is 11.9 Å². The number of amides is 3. The summed E-state index contributed by atoms with van der Waals surface area (Å²) in [6.07, 6.45) is 4.26. The maximum absolute atomic E-state index is 12.6. The summed E-state index contributed by atoms with van der Waals surface area (Å²) in [6.45, 7) is 2.20. The Morgan fingerprint density at radius 1 is 1.22 bits per heavy atom. The lowest BCUT2D eigenvalue weighted by molar-refractivity contribution is -0.130. The summed E-state index contributed by atoms with van der Waals surface area (Å²) in [5, 5.41) is 3.25. The Kier molecular flexibility index (Phi) is 4.84. The molecule has 27 heavy (non-hydrogen) atoms. The Balaban J connectivity index is 1.50. The van der Waals surface area contributed by atoms with Gasteiger partial charge in [-0.1, -0.05) is 24.3 Å². The first-order valence-electron chi connectivity index (χ1n) is 9.98. The number of piperidine rings is 1. The van der Waals surface area contributed by atoms with Crippen LogP contribution in [-0.2, 0) is 14.9 Å². The zero-order valence-corrected chi connectivity index (χ0v) is 16.2. The number of carbonyl (C=O) groups excluding carboxylic acids is 2. The number of rotatable bonds is 2. The van der Waals surface area contributed by atoms with E-state index in [2.05, 4.69) is 23.5 Å². The fraction of sp³-hybridized carbons (Fsp3) is 0.619. The Morgan fingerprint density at radius 3 is 2.63 bits per heavy atom. The molecule has 0 aromatic heterocycles. The van der Waals surface area contributed by atoms with Gasteiger partial charge in [-0.3, -0.25) is 4.79 Å². The van der Waals surface area contributed by atoms with E-state index in [1.54, 1.807) is 19.0 Å². The van der Waals surface area contributed by atoms with Crippen molar-refractivity contribution in [1.82, 2.24) is 15.1 Å².